The highest BCUT2D eigenvalue weighted by Crippen LogP contribution is 2.28. The van der Waals surface area contributed by atoms with Gasteiger partial charge < -0.3 is 15.0 Å². The van der Waals surface area contributed by atoms with E-state index in [-0.39, 0.29) is 18.2 Å². The van der Waals surface area contributed by atoms with Crippen molar-refractivity contribution in [2.24, 2.45) is 0 Å². The van der Waals surface area contributed by atoms with Crippen LogP contribution in [0.1, 0.15) is 17.5 Å². The number of rotatable bonds is 4. The van der Waals surface area contributed by atoms with E-state index in [2.05, 4.69) is 15.6 Å². The van der Waals surface area contributed by atoms with E-state index in [9.17, 15) is 9.59 Å². The van der Waals surface area contributed by atoms with Gasteiger partial charge in [-0.3, -0.25) is 15.0 Å². The maximum Gasteiger partial charge on any atom is 0.273 e. The molecular weight excluding hydrogens is 380 g/mol. The summed E-state index contributed by atoms with van der Waals surface area (Å²) in [7, 11) is 0. The molecule has 2 aromatic carbocycles. The molecule has 2 heterocycles. The molecule has 1 fully saturated rings. The number of hydrogen-bond donors (Lipinski definition) is 2. The number of morpholine rings is 1. The molecule has 0 spiro atoms. The summed E-state index contributed by atoms with van der Waals surface area (Å²) in [5.41, 5.74) is 7.83. The molecule has 2 aliphatic rings. The monoisotopic (exact) mass is 406 g/mol. The van der Waals surface area contributed by atoms with Gasteiger partial charge in [0.2, 0.25) is 5.91 Å². The lowest BCUT2D eigenvalue weighted by Crippen LogP contribution is -2.48. The fourth-order valence-electron chi connectivity index (χ4n) is 3.66. The molecule has 0 saturated carbocycles. The molecule has 0 aromatic heterocycles. The number of nitrogens with one attached hydrogen (secondary N) is 2. The molecule has 7 nitrogen and oxygen atoms in total. The van der Waals surface area contributed by atoms with Crippen molar-refractivity contribution in [1.29, 1.82) is 0 Å². The van der Waals surface area contributed by atoms with E-state index in [0.29, 0.717) is 18.9 Å². The number of aryl methyl sites for hydroxylation is 2. The normalized spacial score (nSPS) is 16.7. The average molecular weight is 406 g/mol. The molecule has 156 valence electrons. The minimum absolute atomic E-state index is 0.103. The van der Waals surface area contributed by atoms with Crippen LogP contribution < -0.4 is 20.7 Å². The van der Waals surface area contributed by atoms with Gasteiger partial charge in [-0.2, -0.15) is 0 Å². The van der Waals surface area contributed by atoms with Crippen LogP contribution in [0.15, 0.2) is 54.2 Å². The first kappa shape index (κ1) is 20.0. The maximum absolute atomic E-state index is 13.0. The van der Waals surface area contributed by atoms with Crippen molar-refractivity contribution in [3.8, 4) is 0 Å². The Morgan fingerprint density at radius 2 is 1.83 bits per heavy atom. The number of ether oxygens (including phenoxy) is 1. The van der Waals surface area contributed by atoms with Gasteiger partial charge in [0.25, 0.3) is 5.91 Å². The molecule has 30 heavy (non-hydrogen) atoms. The number of para-hydroxylation sites is 2. The van der Waals surface area contributed by atoms with Crippen LogP contribution in [-0.4, -0.2) is 38.1 Å². The van der Waals surface area contributed by atoms with E-state index in [1.165, 1.54) is 5.01 Å². The minimum atomic E-state index is -0.279. The Hall–Kier alpha value is -3.32. The summed E-state index contributed by atoms with van der Waals surface area (Å²) in [5, 5.41) is 4.46. The standard InChI is InChI=1S/C23H26N4O3/c1-16-7-8-17(2)21(15-16)27-22(28)10-9-19(25-27)23(29)24-18-5-3-4-6-20(18)26-11-13-30-14-12-26/h3-9,15,25H,10-14H2,1-2H3,(H,24,29). The highest BCUT2D eigenvalue weighted by Gasteiger charge is 2.26. The number of hydrogen-bond acceptors (Lipinski definition) is 5. The molecule has 4 rings (SSSR count). The van der Waals surface area contributed by atoms with Crippen LogP contribution in [0.4, 0.5) is 17.1 Å². The molecule has 2 N–H and O–H groups in total. The molecule has 2 aliphatic heterocycles. The Kier molecular flexibility index (Phi) is 5.72. The summed E-state index contributed by atoms with van der Waals surface area (Å²) >= 11 is 0. The van der Waals surface area contributed by atoms with Crippen LogP contribution in [0.2, 0.25) is 0 Å². The predicted octanol–water partition coefficient (Wildman–Crippen LogP) is 2.90. The topological polar surface area (TPSA) is 73.9 Å². The lowest BCUT2D eigenvalue weighted by molar-refractivity contribution is -0.119. The molecule has 7 heteroatoms. The predicted molar refractivity (Wildman–Crippen MR) is 117 cm³/mol. The van der Waals surface area contributed by atoms with Crippen molar-refractivity contribution in [2.75, 3.05) is 41.5 Å². The molecule has 2 aromatic rings. The zero-order valence-electron chi connectivity index (χ0n) is 17.3. The first-order valence-electron chi connectivity index (χ1n) is 10.1. The molecule has 1 saturated heterocycles. The van der Waals surface area contributed by atoms with Gasteiger partial charge in [-0.25, -0.2) is 5.01 Å². The van der Waals surface area contributed by atoms with E-state index >= 15 is 0 Å². The van der Waals surface area contributed by atoms with Crippen LogP contribution in [0.25, 0.3) is 0 Å². The highest BCUT2D eigenvalue weighted by atomic mass is 16.5. The van der Waals surface area contributed by atoms with E-state index in [0.717, 1.165) is 41.3 Å². The second kappa shape index (κ2) is 8.59. The first-order valence-corrected chi connectivity index (χ1v) is 10.1. The third-order valence-corrected chi connectivity index (χ3v) is 5.32. The summed E-state index contributed by atoms with van der Waals surface area (Å²) in [6.07, 6.45) is 1.80. The summed E-state index contributed by atoms with van der Waals surface area (Å²) < 4.78 is 5.43. The quantitative estimate of drug-likeness (QED) is 0.817. The fourth-order valence-corrected chi connectivity index (χ4v) is 3.66. The first-order chi connectivity index (χ1) is 14.5. The van der Waals surface area contributed by atoms with Crippen LogP contribution in [0, 0.1) is 13.8 Å². The molecular formula is C23H26N4O3. The summed E-state index contributed by atoms with van der Waals surface area (Å²) in [5.74, 6) is -0.382. The number of benzene rings is 2. The van der Waals surface area contributed by atoms with Gasteiger partial charge >= 0.3 is 0 Å². The van der Waals surface area contributed by atoms with Crippen LogP contribution in [0.3, 0.4) is 0 Å². The molecule has 0 atom stereocenters. The molecule has 2 amide bonds. The minimum Gasteiger partial charge on any atom is -0.378 e. The third-order valence-electron chi connectivity index (χ3n) is 5.32. The van der Waals surface area contributed by atoms with E-state index < -0.39 is 0 Å². The molecule has 0 radical (unpaired) electrons. The van der Waals surface area contributed by atoms with Gasteiger partial charge in [-0.15, -0.1) is 0 Å². The van der Waals surface area contributed by atoms with Crippen molar-refractivity contribution >= 4 is 28.9 Å². The number of carbonyl (C=O) groups is 2. The molecule has 0 unspecified atom stereocenters. The Morgan fingerprint density at radius 1 is 1.07 bits per heavy atom. The largest absolute Gasteiger partial charge is 0.378 e. The van der Waals surface area contributed by atoms with Crippen LogP contribution in [0.5, 0.6) is 0 Å². The second-order valence-corrected chi connectivity index (χ2v) is 7.52. The van der Waals surface area contributed by atoms with E-state index in [1.54, 1.807) is 6.08 Å². The number of carbonyl (C=O) groups excluding carboxylic acids is 2. The third kappa shape index (κ3) is 4.16. The number of nitrogens with zero attached hydrogens (tertiary/aromatic N) is 2. The van der Waals surface area contributed by atoms with Crippen molar-refractivity contribution in [3.05, 3.63) is 65.4 Å². The van der Waals surface area contributed by atoms with Crippen LogP contribution >= 0.6 is 0 Å². The summed E-state index contributed by atoms with van der Waals surface area (Å²) in [6, 6.07) is 13.6. The average Bonchev–Trinajstić information content (AvgIpc) is 2.77. The Labute approximate surface area is 176 Å². The molecule has 0 bridgehead atoms. The Bertz CT molecular complexity index is 996. The smallest absolute Gasteiger partial charge is 0.273 e. The lowest BCUT2D eigenvalue weighted by Gasteiger charge is -2.31. The van der Waals surface area contributed by atoms with Gasteiger partial charge in [-0.05, 0) is 49.2 Å². The maximum atomic E-state index is 13.0. The van der Waals surface area contributed by atoms with Crippen LogP contribution in [-0.2, 0) is 14.3 Å². The fraction of sp³-hybridized carbons (Fsp3) is 0.304. The van der Waals surface area contributed by atoms with Gasteiger partial charge in [0.1, 0.15) is 5.70 Å². The Morgan fingerprint density at radius 3 is 2.63 bits per heavy atom. The van der Waals surface area contributed by atoms with Crippen molar-refractivity contribution in [2.45, 2.75) is 20.3 Å². The van der Waals surface area contributed by atoms with Crippen molar-refractivity contribution in [1.82, 2.24) is 5.43 Å². The van der Waals surface area contributed by atoms with Gasteiger partial charge in [-0.1, -0.05) is 24.3 Å². The second-order valence-electron chi connectivity index (χ2n) is 7.52. The van der Waals surface area contributed by atoms with Gasteiger partial charge in [0, 0.05) is 19.5 Å². The highest BCUT2D eigenvalue weighted by molar-refractivity contribution is 6.08. The zero-order valence-corrected chi connectivity index (χ0v) is 17.3. The van der Waals surface area contributed by atoms with Crippen molar-refractivity contribution in [3.63, 3.8) is 0 Å². The van der Waals surface area contributed by atoms with Crippen molar-refractivity contribution < 1.29 is 14.3 Å². The summed E-state index contributed by atoms with van der Waals surface area (Å²) in [6.45, 7) is 6.82. The van der Waals surface area contributed by atoms with E-state index in [4.69, 9.17) is 4.74 Å². The van der Waals surface area contributed by atoms with Gasteiger partial charge in [0.15, 0.2) is 0 Å². The molecule has 0 aliphatic carbocycles. The lowest BCUT2D eigenvalue weighted by atomic mass is 10.1. The number of hydrazine groups is 1. The summed E-state index contributed by atoms with van der Waals surface area (Å²) in [4.78, 5) is 27.7. The number of anilines is 3. The SMILES string of the molecule is Cc1ccc(C)c(N2NC(C(=O)Nc3ccccc3N3CCOCC3)=CCC2=O)c1. The van der Waals surface area contributed by atoms with Gasteiger partial charge in [0.05, 0.1) is 30.3 Å². The van der Waals surface area contributed by atoms with E-state index in [1.807, 2.05) is 56.3 Å². The Balaban J connectivity index is 1.53. The zero-order chi connectivity index (χ0) is 21.1. The number of amides is 2.